The highest BCUT2D eigenvalue weighted by atomic mass is 19.1. The average Bonchev–Trinajstić information content (AvgIpc) is 2.38. The Hall–Kier alpha value is -1.13. The van der Waals surface area contributed by atoms with Gasteiger partial charge in [-0.05, 0) is 25.0 Å². The normalized spacial score (nSPS) is 22.0. The molecule has 0 saturated carbocycles. The van der Waals surface area contributed by atoms with E-state index in [1.807, 2.05) is 13.0 Å². The zero-order valence-electron chi connectivity index (χ0n) is 11.0. The SMILES string of the molecule is CCC1CN(c2c(F)cccc2[C@H](C)N)CCO1. The molecule has 0 amide bonds. The summed E-state index contributed by atoms with van der Waals surface area (Å²) >= 11 is 0. The highest BCUT2D eigenvalue weighted by Gasteiger charge is 2.24. The van der Waals surface area contributed by atoms with Crippen LogP contribution in [-0.2, 0) is 4.74 Å². The highest BCUT2D eigenvalue weighted by Crippen LogP contribution is 2.30. The van der Waals surface area contributed by atoms with Crippen LogP contribution in [-0.4, -0.2) is 25.8 Å². The first-order valence-corrected chi connectivity index (χ1v) is 6.54. The molecule has 2 rings (SSSR count). The van der Waals surface area contributed by atoms with Crippen molar-refractivity contribution in [1.29, 1.82) is 0 Å². The lowest BCUT2D eigenvalue weighted by atomic mass is 10.0. The molecule has 2 atom stereocenters. The lowest BCUT2D eigenvalue weighted by Gasteiger charge is -2.36. The number of benzene rings is 1. The quantitative estimate of drug-likeness (QED) is 0.898. The van der Waals surface area contributed by atoms with E-state index in [-0.39, 0.29) is 18.0 Å². The largest absolute Gasteiger partial charge is 0.375 e. The molecule has 0 radical (unpaired) electrons. The van der Waals surface area contributed by atoms with Crippen molar-refractivity contribution < 1.29 is 9.13 Å². The number of nitrogens with two attached hydrogens (primary N) is 1. The predicted octanol–water partition coefficient (Wildman–Crippen LogP) is 2.46. The molecule has 1 unspecified atom stereocenters. The van der Waals surface area contributed by atoms with E-state index < -0.39 is 0 Å². The Labute approximate surface area is 108 Å². The molecule has 0 bridgehead atoms. The van der Waals surface area contributed by atoms with Crippen molar-refractivity contribution in [2.24, 2.45) is 5.73 Å². The number of hydrogen-bond acceptors (Lipinski definition) is 3. The molecule has 0 aromatic heterocycles. The Morgan fingerprint density at radius 1 is 1.56 bits per heavy atom. The first kappa shape index (κ1) is 13.3. The summed E-state index contributed by atoms with van der Waals surface area (Å²) in [6.07, 6.45) is 1.12. The maximum absolute atomic E-state index is 14.1. The third-order valence-electron chi connectivity index (χ3n) is 3.42. The van der Waals surface area contributed by atoms with Gasteiger partial charge in [0.15, 0.2) is 0 Å². The molecule has 1 aromatic rings. The molecular weight excluding hydrogens is 231 g/mol. The molecule has 100 valence electrons. The maximum atomic E-state index is 14.1. The van der Waals surface area contributed by atoms with Crippen LogP contribution in [0.1, 0.15) is 31.9 Å². The maximum Gasteiger partial charge on any atom is 0.146 e. The molecule has 0 spiro atoms. The molecule has 1 aromatic carbocycles. The molecule has 1 saturated heterocycles. The summed E-state index contributed by atoms with van der Waals surface area (Å²) in [5, 5.41) is 0. The van der Waals surface area contributed by atoms with E-state index in [0.717, 1.165) is 25.1 Å². The van der Waals surface area contributed by atoms with E-state index in [2.05, 4.69) is 11.8 Å². The third kappa shape index (κ3) is 2.65. The number of morpholine rings is 1. The smallest absolute Gasteiger partial charge is 0.146 e. The second-order valence-corrected chi connectivity index (χ2v) is 4.81. The first-order valence-electron chi connectivity index (χ1n) is 6.54. The Morgan fingerprint density at radius 2 is 2.33 bits per heavy atom. The van der Waals surface area contributed by atoms with Crippen LogP contribution in [0.15, 0.2) is 18.2 Å². The number of rotatable bonds is 3. The van der Waals surface area contributed by atoms with Crippen LogP contribution in [0, 0.1) is 5.82 Å². The van der Waals surface area contributed by atoms with Crippen molar-refractivity contribution in [3.8, 4) is 0 Å². The fraction of sp³-hybridized carbons (Fsp3) is 0.571. The van der Waals surface area contributed by atoms with E-state index in [0.29, 0.717) is 12.3 Å². The fourth-order valence-corrected chi connectivity index (χ4v) is 2.40. The molecule has 0 aliphatic carbocycles. The standard InChI is InChI=1S/C14H21FN2O/c1-3-11-9-17(7-8-18-11)14-12(10(2)16)5-4-6-13(14)15/h4-6,10-11H,3,7-9,16H2,1-2H3/t10-,11?/m0/s1. The monoisotopic (exact) mass is 252 g/mol. The van der Waals surface area contributed by atoms with Crippen LogP contribution >= 0.6 is 0 Å². The van der Waals surface area contributed by atoms with Gasteiger partial charge >= 0.3 is 0 Å². The Bertz CT molecular complexity index is 409. The van der Waals surface area contributed by atoms with Gasteiger partial charge in [0.25, 0.3) is 0 Å². The first-order chi connectivity index (χ1) is 8.63. The number of para-hydroxylation sites is 1. The van der Waals surface area contributed by atoms with Crippen molar-refractivity contribution in [1.82, 2.24) is 0 Å². The second kappa shape index (κ2) is 5.67. The number of hydrogen-bond donors (Lipinski definition) is 1. The van der Waals surface area contributed by atoms with Gasteiger partial charge in [0.2, 0.25) is 0 Å². The highest BCUT2D eigenvalue weighted by molar-refractivity contribution is 5.56. The van der Waals surface area contributed by atoms with Crippen LogP contribution in [0.4, 0.5) is 10.1 Å². The van der Waals surface area contributed by atoms with Gasteiger partial charge in [-0.3, -0.25) is 0 Å². The molecule has 1 aliphatic rings. The predicted molar refractivity (Wildman–Crippen MR) is 71.2 cm³/mol. The van der Waals surface area contributed by atoms with Gasteiger partial charge in [-0.2, -0.15) is 0 Å². The summed E-state index contributed by atoms with van der Waals surface area (Å²) in [7, 11) is 0. The van der Waals surface area contributed by atoms with Crippen molar-refractivity contribution in [2.45, 2.75) is 32.4 Å². The molecule has 2 N–H and O–H groups in total. The van der Waals surface area contributed by atoms with E-state index in [1.165, 1.54) is 6.07 Å². The van der Waals surface area contributed by atoms with Crippen LogP contribution in [0.5, 0.6) is 0 Å². The second-order valence-electron chi connectivity index (χ2n) is 4.81. The van der Waals surface area contributed by atoms with Gasteiger partial charge in [0.05, 0.1) is 18.4 Å². The van der Waals surface area contributed by atoms with Gasteiger partial charge in [-0.25, -0.2) is 4.39 Å². The van der Waals surface area contributed by atoms with Crippen molar-refractivity contribution in [3.63, 3.8) is 0 Å². The summed E-state index contributed by atoms with van der Waals surface area (Å²) in [6.45, 7) is 6.07. The molecule has 3 nitrogen and oxygen atoms in total. The van der Waals surface area contributed by atoms with Crippen molar-refractivity contribution in [3.05, 3.63) is 29.6 Å². The van der Waals surface area contributed by atoms with Gasteiger partial charge in [-0.15, -0.1) is 0 Å². The average molecular weight is 252 g/mol. The summed E-state index contributed by atoms with van der Waals surface area (Å²) in [6, 6.07) is 4.95. The molecule has 1 fully saturated rings. The van der Waals surface area contributed by atoms with E-state index >= 15 is 0 Å². The molecule has 1 aliphatic heterocycles. The van der Waals surface area contributed by atoms with Crippen molar-refractivity contribution in [2.75, 3.05) is 24.6 Å². The van der Waals surface area contributed by atoms with E-state index in [1.54, 1.807) is 6.07 Å². The molecule has 18 heavy (non-hydrogen) atoms. The Kier molecular flexibility index (Phi) is 4.19. The Balaban J connectivity index is 2.31. The number of nitrogens with zero attached hydrogens (tertiary/aromatic N) is 1. The summed E-state index contributed by atoms with van der Waals surface area (Å²) in [5.41, 5.74) is 7.45. The van der Waals surface area contributed by atoms with Gasteiger partial charge in [0.1, 0.15) is 5.82 Å². The topological polar surface area (TPSA) is 38.5 Å². The zero-order valence-corrected chi connectivity index (χ0v) is 11.0. The van der Waals surface area contributed by atoms with Crippen LogP contribution in [0.25, 0.3) is 0 Å². The van der Waals surface area contributed by atoms with Crippen LogP contribution < -0.4 is 10.6 Å². The van der Waals surface area contributed by atoms with Crippen LogP contribution in [0.2, 0.25) is 0 Å². The Morgan fingerprint density at radius 3 is 3.00 bits per heavy atom. The minimum Gasteiger partial charge on any atom is -0.375 e. The molecule has 4 heteroatoms. The van der Waals surface area contributed by atoms with Gasteiger partial charge in [0, 0.05) is 19.1 Å². The van der Waals surface area contributed by atoms with E-state index in [4.69, 9.17) is 10.5 Å². The number of anilines is 1. The minimum absolute atomic E-state index is 0.168. The van der Waals surface area contributed by atoms with Crippen molar-refractivity contribution >= 4 is 5.69 Å². The third-order valence-corrected chi connectivity index (χ3v) is 3.42. The van der Waals surface area contributed by atoms with E-state index in [9.17, 15) is 4.39 Å². The summed E-state index contributed by atoms with van der Waals surface area (Å²) in [4.78, 5) is 2.06. The lowest BCUT2D eigenvalue weighted by Crippen LogP contribution is -2.43. The van der Waals surface area contributed by atoms with Gasteiger partial charge in [-0.1, -0.05) is 19.1 Å². The van der Waals surface area contributed by atoms with Crippen LogP contribution in [0.3, 0.4) is 0 Å². The number of ether oxygens (including phenoxy) is 1. The van der Waals surface area contributed by atoms with Gasteiger partial charge < -0.3 is 15.4 Å². The summed E-state index contributed by atoms with van der Waals surface area (Å²) in [5.74, 6) is -0.193. The molecular formula is C14H21FN2O. The fourth-order valence-electron chi connectivity index (χ4n) is 2.40. The number of halogens is 1. The lowest BCUT2D eigenvalue weighted by molar-refractivity contribution is 0.0381. The zero-order chi connectivity index (χ0) is 13.1. The summed E-state index contributed by atoms with van der Waals surface area (Å²) < 4.78 is 19.7. The minimum atomic E-state index is -0.193. The molecule has 1 heterocycles.